The van der Waals surface area contributed by atoms with Gasteiger partial charge in [0.2, 0.25) is 5.88 Å². The molecule has 0 saturated carbocycles. The Morgan fingerprint density at radius 2 is 1.81 bits per heavy atom. The molecule has 0 aliphatic heterocycles. The van der Waals surface area contributed by atoms with Gasteiger partial charge in [0, 0.05) is 6.04 Å². The zero-order valence-electron chi connectivity index (χ0n) is 9.29. The van der Waals surface area contributed by atoms with Crippen LogP contribution >= 0.6 is 0 Å². The SMILES string of the molecule is CC(C)n1c(O)cn(-c2ccccc2)c1=O. The van der Waals surface area contributed by atoms with Crippen LogP contribution in [0.25, 0.3) is 5.69 Å². The maximum atomic E-state index is 12.0. The fourth-order valence-corrected chi connectivity index (χ4v) is 1.71. The van der Waals surface area contributed by atoms with E-state index in [1.165, 1.54) is 15.3 Å². The lowest BCUT2D eigenvalue weighted by Crippen LogP contribution is -2.24. The molecule has 0 fully saturated rings. The molecule has 1 N–H and O–H groups in total. The first-order chi connectivity index (χ1) is 7.61. The maximum Gasteiger partial charge on any atom is 0.335 e. The molecule has 0 amide bonds. The Hall–Kier alpha value is -1.97. The minimum atomic E-state index is -0.223. The van der Waals surface area contributed by atoms with Gasteiger partial charge in [-0.25, -0.2) is 4.79 Å². The molecule has 2 aromatic rings. The molecule has 1 aromatic carbocycles. The van der Waals surface area contributed by atoms with Gasteiger partial charge in [-0.15, -0.1) is 0 Å². The van der Waals surface area contributed by atoms with Gasteiger partial charge in [-0.1, -0.05) is 18.2 Å². The first-order valence-corrected chi connectivity index (χ1v) is 5.19. The van der Waals surface area contributed by atoms with Crippen LogP contribution < -0.4 is 5.69 Å². The molecule has 0 atom stereocenters. The Bertz CT molecular complexity index is 538. The summed E-state index contributed by atoms with van der Waals surface area (Å²) in [5, 5.41) is 9.69. The molecule has 1 heterocycles. The molecule has 0 saturated heterocycles. The Kier molecular flexibility index (Phi) is 2.56. The van der Waals surface area contributed by atoms with Gasteiger partial charge in [0.1, 0.15) is 0 Å². The summed E-state index contributed by atoms with van der Waals surface area (Å²) in [7, 11) is 0. The van der Waals surface area contributed by atoms with E-state index in [0.717, 1.165) is 5.69 Å². The van der Waals surface area contributed by atoms with Crippen molar-refractivity contribution in [3.63, 3.8) is 0 Å². The van der Waals surface area contributed by atoms with Crippen molar-refractivity contribution in [2.45, 2.75) is 19.9 Å². The van der Waals surface area contributed by atoms with Crippen molar-refractivity contribution in [2.75, 3.05) is 0 Å². The molecule has 16 heavy (non-hydrogen) atoms. The van der Waals surface area contributed by atoms with Gasteiger partial charge in [-0.3, -0.25) is 9.13 Å². The van der Waals surface area contributed by atoms with E-state index in [0.29, 0.717) is 0 Å². The third-order valence-corrected chi connectivity index (χ3v) is 2.45. The summed E-state index contributed by atoms with van der Waals surface area (Å²) >= 11 is 0. The third kappa shape index (κ3) is 1.62. The lowest BCUT2D eigenvalue weighted by Gasteiger charge is -2.05. The zero-order chi connectivity index (χ0) is 11.7. The van der Waals surface area contributed by atoms with Gasteiger partial charge in [0.15, 0.2) is 0 Å². The predicted octanol–water partition coefficient (Wildman–Crippen LogP) is 1.93. The van der Waals surface area contributed by atoms with Crippen molar-refractivity contribution in [3.05, 3.63) is 47.0 Å². The summed E-state index contributed by atoms with van der Waals surface area (Å²) in [6, 6.07) is 9.18. The molecular formula is C12H14N2O2. The second-order valence-electron chi connectivity index (χ2n) is 3.94. The minimum Gasteiger partial charge on any atom is -0.493 e. The van der Waals surface area contributed by atoms with Crippen LogP contribution in [0.5, 0.6) is 5.88 Å². The average molecular weight is 218 g/mol. The number of para-hydroxylation sites is 1. The third-order valence-electron chi connectivity index (χ3n) is 2.45. The van der Waals surface area contributed by atoms with Gasteiger partial charge in [0.05, 0.1) is 11.9 Å². The smallest absolute Gasteiger partial charge is 0.335 e. The van der Waals surface area contributed by atoms with E-state index < -0.39 is 0 Å². The van der Waals surface area contributed by atoms with Crippen LogP contribution in [0.4, 0.5) is 0 Å². The van der Waals surface area contributed by atoms with E-state index in [9.17, 15) is 9.90 Å². The molecule has 0 aliphatic rings. The highest BCUT2D eigenvalue weighted by atomic mass is 16.3. The average Bonchev–Trinajstić information content (AvgIpc) is 2.55. The highest BCUT2D eigenvalue weighted by molar-refractivity contribution is 5.32. The first-order valence-electron chi connectivity index (χ1n) is 5.19. The molecular weight excluding hydrogens is 204 g/mol. The summed E-state index contributed by atoms with van der Waals surface area (Å²) in [4.78, 5) is 12.0. The number of hydrogen-bond acceptors (Lipinski definition) is 2. The van der Waals surface area contributed by atoms with Crippen LogP contribution in [-0.2, 0) is 0 Å². The van der Waals surface area contributed by atoms with E-state index in [4.69, 9.17) is 0 Å². The van der Waals surface area contributed by atoms with E-state index >= 15 is 0 Å². The van der Waals surface area contributed by atoms with Crippen molar-refractivity contribution in [2.24, 2.45) is 0 Å². The fraction of sp³-hybridized carbons (Fsp3) is 0.250. The number of aromatic hydroxyl groups is 1. The number of imidazole rings is 1. The van der Waals surface area contributed by atoms with Gasteiger partial charge in [0.25, 0.3) is 0 Å². The molecule has 0 spiro atoms. The maximum absolute atomic E-state index is 12.0. The van der Waals surface area contributed by atoms with Crippen LogP contribution in [0.3, 0.4) is 0 Å². The molecule has 0 bridgehead atoms. The fourth-order valence-electron chi connectivity index (χ4n) is 1.71. The zero-order valence-corrected chi connectivity index (χ0v) is 9.29. The number of rotatable bonds is 2. The number of aromatic nitrogens is 2. The lowest BCUT2D eigenvalue weighted by molar-refractivity contribution is 0.395. The van der Waals surface area contributed by atoms with Crippen molar-refractivity contribution < 1.29 is 5.11 Å². The Morgan fingerprint density at radius 1 is 1.19 bits per heavy atom. The van der Waals surface area contributed by atoms with Crippen LogP contribution in [0.1, 0.15) is 19.9 Å². The van der Waals surface area contributed by atoms with E-state index in [2.05, 4.69) is 0 Å². The second kappa shape index (κ2) is 3.89. The molecule has 0 aliphatic carbocycles. The summed E-state index contributed by atoms with van der Waals surface area (Å²) in [5.41, 5.74) is 0.529. The quantitative estimate of drug-likeness (QED) is 0.837. The van der Waals surface area contributed by atoms with Crippen molar-refractivity contribution in [1.29, 1.82) is 0 Å². The predicted molar refractivity (Wildman–Crippen MR) is 62.1 cm³/mol. The molecule has 84 valence electrons. The molecule has 4 heteroatoms. The molecule has 0 unspecified atom stereocenters. The first kappa shape index (κ1) is 10.5. The van der Waals surface area contributed by atoms with Crippen molar-refractivity contribution >= 4 is 0 Å². The number of hydrogen-bond donors (Lipinski definition) is 1. The monoisotopic (exact) mass is 218 g/mol. The van der Waals surface area contributed by atoms with Gasteiger partial charge < -0.3 is 5.11 Å². The van der Waals surface area contributed by atoms with Gasteiger partial charge >= 0.3 is 5.69 Å². The standard InChI is InChI=1S/C12H14N2O2/c1-9(2)14-11(15)8-13(12(14)16)10-6-4-3-5-7-10/h3-9,15H,1-2H3. The van der Waals surface area contributed by atoms with Gasteiger partial charge in [-0.2, -0.15) is 0 Å². The Labute approximate surface area is 93.4 Å². The molecule has 1 aromatic heterocycles. The minimum absolute atomic E-state index is 0.0103. The van der Waals surface area contributed by atoms with E-state index in [-0.39, 0.29) is 17.6 Å². The summed E-state index contributed by atoms with van der Waals surface area (Å²) in [6.07, 6.45) is 1.44. The number of nitrogens with zero attached hydrogens (tertiary/aromatic N) is 2. The van der Waals surface area contributed by atoms with Crippen molar-refractivity contribution in [3.8, 4) is 11.6 Å². The summed E-state index contributed by atoms with van der Waals surface area (Å²) < 4.78 is 2.79. The highest BCUT2D eigenvalue weighted by Crippen LogP contribution is 2.15. The van der Waals surface area contributed by atoms with Crippen LogP contribution in [0.2, 0.25) is 0 Å². The summed E-state index contributed by atoms with van der Waals surface area (Å²) in [6.45, 7) is 3.72. The van der Waals surface area contributed by atoms with E-state index in [1.54, 1.807) is 0 Å². The second-order valence-corrected chi connectivity index (χ2v) is 3.94. The van der Waals surface area contributed by atoms with Crippen LogP contribution in [-0.4, -0.2) is 14.2 Å². The topological polar surface area (TPSA) is 47.2 Å². The Balaban J connectivity index is 2.61. The van der Waals surface area contributed by atoms with Gasteiger partial charge in [-0.05, 0) is 26.0 Å². The van der Waals surface area contributed by atoms with Crippen molar-refractivity contribution in [1.82, 2.24) is 9.13 Å². The largest absolute Gasteiger partial charge is 0.493 e. The highest BCUT2D eigenvalue weighted by Gasteiger charge is 2.13. The molecule has 2 rings (SSSR count). The Morgan fingerprint density at radius 3 is 2.31 bits per heavy atom. The van der Waals surface area contributed by atoms with Crippen LogP contribution in [0, 0.1) is 0 Å². The van der Waals surface area contributed by atoms with Crippen LogP contribution in [0.15, 0.2) is 41.3 Å². The lowest BCUT2D eigenvalue weighted by atomic mass is 10.3. The number of benzene rings is 1. The molecule has 0 radical (unpaired) electrons. The summed E-state index contributed by atoms with van der Waals surface area (Å²) in [5.74, 6) is -0.0103. The molecule has 4 nitrogen and oxygen atoms in total. The van der Waals surface area contributed by atoms with E-state index in [1.807, 2.05) is 44.2 Å². The normalized spacial score (nSPS) is 10.9.